The van der Waals surface area contributed by atoms with Crippen LogP contribution >= 0.6 is 0 Å². The molecule has 1 unspecified atom stereocenters. The lowest BCUT2D eigenvalue weighted by atomic mass is 10.1. The molecule has 0 aliphatic heterocycles. The Morgan fingerprint density at radius 1 is 0.931 bits per heavy atom. The highest BCUT2D eigenvalue weighted by molar-refractivity contribution is 5.98. The zero-order valence-corrected chi connectivity index (χ0v) is 16.8. The normalized spacial score (nSPS) is 11.3. The van der Waals surface area contributed by atoms with Gasteiger partial charge >= 0.3 is 5.97 Å². The van der Waals surface area contributed by atoms with E-state index in [0.717, 1.165) is 0 Å². The van der Waals surface area contributed by atoms with Gasteiger partial charge in [0, 0.05) is 17.7 Å². The fourth-order valence-electron chi connectivity index (χ4n) is 2.49. The maximum atomic E-state index is 12.2. The van der Waals surface area contributed by atoms with Crippen LogP contribution in [-0.4, -0.2) is 37.5 Å². The van der Waals surface area contributed by atoms with Gasteiger partial charge in [-0.25, -0.2) is 0 Å². The van der Waals surface area contributed by atoms with E-state index < -0.39 is 18.0 Å². The van der Waals surface area contributed by atoms with Crippen molar-refractivity contribution in [3.63, 3.8) is 0 Å². The van der Waals surface area contributed by atoms with Gasteiger partial charge in [0.15, 0.2) is 11.9 Å². The lowest BCUT2D eigenvalue weighted by Crippen LogP contribution is -2.30. The SMILES string of the molecule is CCOc1ccc(C(=O)CCC(=O)OC(C)C(=O)Nc2ccc(OC)cc2)cc1. The van der Waals surface area contributed by atoms with Gasteiger partial charge in [-0.2, -0.15) is 0 Å². The van der Waals surface area contributed by atoms with Gasteiger partial charge in [0.05, 0.1) is 20.1 Å². The summed E-state index contributed by atoms with van der Waals surface area (Å²) in [5.74, 6) is 0.100. The van der Waals surface area contributed by atoms with Gasteiger partial charge in [-0.15, -0.1) is 0 Å². The zero-order chi connectivity index (χ0) is 21.2. The van der Waals surface area contributed by atoms with Crippen molar-refractivity contribution in [2.24, 2.45) is 0 Å². The Balaban J connectivity index is 1.78. The fourth-order valence-corrected chi connectivity index (χ4v) is 2.49. The number of methoxy groups -OCH3 is 1. The van der Waals surface area contributed by atoms with Crippen molar-refractivity contribution >= 4 is 23.3 Å². The molecule has 2 aromatic rings. The molecule has 2 rings (SSSR count). The number of hydrogen-bond donors (Lipinski definition) is 1. The van der Waals surface area contributed by atoms with Crippen molar-refractivity contribution < 1.29 is 28.6 Å². The summed E-state index contributed by atoms with van der Waals surface area (Å²) in [5, 5.41) is 2.65. The summed E-state index contributed by atoms with van der Waals surface area (Å²) >= 11 is 0. The van der Waals surface area contributed by atoms with Crippen LogP contribution < -0.4 is 14.8 Å². The number of nitrogens with one attached hydrogen (secondary N) is 1. The largest absolute Gasteiger partial charge is 0.497 e. The number of carbonyl (C=O) groups is 3. The summed E-state index contributed by atoms with van der Waals surface area (Å²) in [5.41, 5.74) is 1.05. The first-order valence-corrected chi connectivity index (χ1v) is 9.33. The standard InChI is InChI=1S/C22H25NO6/c1-4-28-19-9-5-16(6-10-19)20(24)13-14-21(25)29-15(2)22(26)23-17-7-11-18(27-3)12-8-17/h5-12,15H,4,13-14H2,1-3H3,(H,23,26). The number of benzene rings is 2. The van der Waals surface area contributed by atoms with Crippen molar-refractivity contribution in [1.82, 2.24) is 0 Å². The molecule has 0 fully saturated rings. The van der Waals surface area contributed by atoms with Crippen molar-refractivity contribution in [1.29, 1.82) is 0 Å². The van der Waals surface area contributed by atoms with Crippen LogP contribution in [0.3, 0.4) is 0 Å². The number of Topliss-reactive ketones (excluding diaryl/α,β-unsaturated/α-hetero) is 1. The molecule has 0 aromatic heterocycles. The van der Waals surface area contributed by atoms with Gasteiger partial charge in [0.1, 0.15) is 11.5 Å². The minimum atomic E-state index is -0.981. The summed E-state index contributed by atoms with van der Waals surface area (Å²) in [6.45, 7) is 3.90. The second-order valence-corrected chi connectivity index (χ2v) is 6.23. The van der Waals surface area contributed by atoms with Crippen LogP contribution in [0.15, 0.2) is 48.5 Å². The van der Waals surface area contributed by atoms with Crippen molar-refractivity contribution in [3.05, 3.63) is 54.1 Å². The van der Waals surface area contributed by atoms with Crippen molar-refractivity contribution in [3.8, 4) is 11.5 Å². The average molecular weight is 399 g/mol. The van der Waals surface area contributed by atoms with Crippen LogP contribution in [0.1, 0.15) is 37.0 Å². The number of esters is 1. The van der Waals surface area contributed by atoms with Crippen LogP contribution in [0.5, 0.6) is 11.5 Å². The second kappa shape index (κ2) is 10.8. The lowest BCUT2D eigenvalue weighted by molar-refractivity contribution is -0.153. The Kier molecular flexibility index (Phi) is 8.21. The number of rotatable bonds is 10. The van der Waals surface area contributed by atoms with E-state index in [0.29, 0.717) is 29.4 Å². The molecule has 29 heavy (non-hydrogen) atoms. The van der Waals surface area contributed by atoms with Crippen LogP contribution in [0, 0.1) is 0 Å². The predicted octanol–water partition coefficient (Wildman–Crippen LogP) is 3.63. The number of amides is 1. The fraction of sp³-hybridized carbons (Fsp3) is 0.318. The van der Waals surface area contributed by atoms with E-state index in [1.165, 1.54) is 6.92 Å². The average Bonchev–Trinajstić information content (AvgIpc) is 2.73. The summed E-state index contributed by atoms with van der Waals surface area (Å²) in [7, 11) is 1.55. The van der Waals surface area contributed by atoms with E-state index >= 15 is 0 Å². The molecule has 0 saturated heterocycles. The van der Waals surface area contributed by atoms with Gasteiger partial charge in [0.2, 0.25) is 0 Å². The molecule has 0 bridgehead atoms. The minimum Gasteiger partial charge on any atom is -0.497 e. The zero-order valence-electron chi connectivity index (χ0n) is 16.8. The molecule has 0 heterocycles. The van der Waals surface area contributed by atoms with Crippen LogP contribution in [0.25, 0.3) is 0 Å². The van der Waals surface area contributed by atoms with E-state index in [2.05, 4.69) is 5.32 Å². The Morgan fingerprint density at radius 2 is 1.55 bits per heavy atom. The summed E-state index contributed by atoms with van der Waals surface area (Å²) in [6, 6.07) is 13.5. The minimum absolute atomic E-state index is 0.000363. The van der Waals surface area contributed by atoms with Crippen LogP contribution in [-0.2, 0) is 14.3 Å². The Morgan fingerprint density at radius 3 is 2.14 bits per heavy atom. The number of anilines is 1. The van der Waals surface area contributed by atoms with Crippen molar-refractivity contribution in [2.45, 2.75) is 32.8 Å². The number of ketones is 1. The first-order valence-electron chi connectivity index (χ1n) is 9.33. The van der Waals surface area contributed by atoms with Crippen LogP contribution in [0.2, 0.25) is 0 Å². The maximum Gasteiger partial charge on any atom is 0.307 e. The monoisotopic (exact) mass is 399 g/mol. The molecule has 7 nitrogen and oxygen atoms in total. The Labute approximate surface area is 170 Å². The van der Waals surface area contributed by atoms with E-state index in [1.807, 2.05) is 6.92 Å². The third kappa shape index (κ3) is 6.95. The molecule has 1 atom stereocenters. The summed E-state index contributed by atoms with van der Waals surface area (Å²) in [6.07, 6.45) is -1.09. The first kappa shape index (κ1) is 21.9. The molecular formula is C22H25NO6. The predicted molar refractivity (Wildman–Crippen MR) is 108 cm³/mol. The van der Waals surface area contributed by atoms with E-state index in [9.17, 15) is 14.4 Å². The maximum absolute atomic E-state index is 12.2. The smallest absolute Gasteiger partial charge is 0.307 e. The molecule has 0 aliphatic rings. The second-order valence-electron chi connectivity index (χ2n) is 6.23. The summed E-state index contributed by atoms with van der Waals surface area (Å²) < 4.78 is 15.5. The Hall–Kier alpha value is -3.35. The van der Waals surface area contributed by atoms with Gasteiger partial charge in [-0.3, -0.25) is 14.4 Å². The van der Waals surface area contributed by atoms with Gasteiger partial charge in [0.25, 0.3) is 5.91 Å². The molecule has 7 heteroatoms. The number of hydrogen-bond acceptors (Lipinski definition) is 6. The lowest BCUT2D eigenvalue weighted by Gasteiger charge is -2.13. The molecule has 0 saturated carbocycles. The van der Waals surface area contributed by atoms with Gasteiger partial charge in [-0.1, -0.05) is 0 Å². The highest BCUT2D eigenvalue weighted by Crippen LogP contribution is 2.16. The first-order chi connectivity index (χ1) is 13.9. The molecule has 2 aromatic carbocycles. The van der Waals surface area contributed by atoms with Crippen LogP contribution in [0.4, 0.5) is 5.69 Å². The molecule has 0 spiro atoms. The quantitative estimate of drug-likeness (QED) is 0.485. The molecule has 154 valence electrons. The van der Waals surface area contributed by atoms with E-state index in [4.69, 9.17) is 14.2 Å². The van der Waals surface area contributed by atoms with Gasteiger partial charge in [-0.05, 0) is 62.4 Å². The topological polar surface area (TPSA) is 90.9 Å². The Bertz CT molecular complexity index is 829. The number of carbonyl (C=O) groups excluding carboxylic acids is 3. The molecule has 0 radical (unpaired) electrons. The molecule has 1 amide bonds. The van der Waals surface area contributed by atoms with E-state index in [1.54, 1.807) is 55.6 Å². The third-order valence-corrected chi connectivity index (χ3v) is 4.08. The third-order valence-electron chi connectivity index (χ3n) is 4.08. The molecule has 1 N–H and O–H groups in total. The highest BCUT2D eigenvalue weighted by atomic mass is 16.5. The molecular weight excluding hydrogens is 374 g/mol. The highest BCUT2D eigenvalue weighted by Gasteiger charge is 2.19. The number of ether oxygens (including phenoxy) is 3. The molecule has 0 aliphatic carbocycles. The van der Waals surface area contributed by atoms with Gasteiger partial charge < -0.3 is 19.5 Å². The van der Waals surface area contributed by atoms with Crippen molar-refractivity contribution in [2.75, 3.05) is 19.0 Å². The van der Waals surface area contributed by atoms with E-state index in [-0.39, 0.29) is 18.6 Å². The summed E-state index contributed by atoms with van der Waals surface area (Å²) in [4.78, 5) is 36.3.